The number of hydrogen-bond donors (Lipinski definition) is 2. The summed E-state index contributed by atoms with van der Waals surface area (Å²) < 4.78 is 32.8. The number of carbonyl (C=O) groups is 3. The largest absolute Gasteiger partial charge is 0.432 e. The Balaban J connectivity index is 1.45. The Morgan fingerprint density at radius 3 is 2.43 bits per heavy atom. The zero-order valence-electron chi connectivity index (χ0n) is 25.2. The van der Waals surface area contributed by atoms with Crippen molar-refractivity contribution in [3.8, 4) is 6.07 Å². The molecule has 0 aliphatic carbocycles. The fourth-order valence-electron chi connectivity index (χ4n) is 5.52. The number of imide groups is 1. The first kappa shape index (κ1) is 32.5. The number of aromatic nitrogens is 1. The Bertz CT molecular complexity index is 1810. The highest BCUT2D eigenvalue weighted by atomic mass is 32.2. The number of oxazole rings is 1. The zero-order valence-corrected chi connectivity index (χ0v) is 26.0. The highest BCUT2D eigenvalue weighted by Crippen LogP contribution is 2.20. The maximum atomic E-state index is 14.3. The van der Waals surface area contributed by atoms with Crippen molar-refractivity contribution in [3.05, 3.63) is 101 Å². The smallest absolute Gasteiger partial charge is 0.316 e. The summed E-state index contributed by atoms with van der Waals surface area (Å²) in [6.45, 7) is 1.16. The van der Waals surface area contributed by atoms with E-state index in [4.69, 9.17) is 4.42 Å². The summed E-state index contributed by atoms with van der Waals surface area (Å²) in [5, 5.41) is 15.3. The molecule has 1 unspecified atom stereocenters. The van der Waals surface area contributed by atoms with Crippen molar-refractivity contribution in [1.82, 2.24) is 20.5 Å². The molecule has 4 aromatic rings. The maximum absolute atomic E-state index is 14.3. The van der Waals surface area contributed by atoms with E-state index in [1.807, 2.05) is 36.4 Å². The number of rotatable bonds is 12. The van der Waals surface area contributed by atoms with Crippen molar-refractivity contribution in [3.63, 3.8) is 0 Å². The number of sulfone groups is 1. The molecule has 0 radical (unpaired) electrons. The number of amides is 3. The van der Waals surface area contributed by atoms with Crippen molar-refractivity contribution in [1.29, 1.82) is 5.26 Å². The minimum atomic E-state index is -4.07. The minimum Gasteiger partial charge on any atom is -0.432 e. The lowest BCUT2D eigenvalue weighted by Crippen LogP contribution is -2.55. The van der Waals surface area contributed by atoms with Gasteiger partial charge in [0, 0.05) is 12.5 Å². The molecule has 11 nitrogen and oxygen atoms in total. The van der Waals surface area contributed by atoms with E-state index < -0.39 is 51.0 Å². The number of carbonyl (C=O) groups excluding carboxylic acids is 3. The van der Waals surface area contributed by atoms with Gasteiger partial charge in [0.25, 0.3) is 11.8 Å². The highest BCUT2D eigenvalue weighted by molar-refractivity contribution is 7.90. The summed E-state index contributed by atoms with van der Waals surface area (Å²) in [5.74, 6) is -4.18. The van der Waals surface area contributed by atoms with Crippen LogP contribution in [0.4, 0.5) is 0 Å². The number of piperidine rings is 1. The van der Waals surface area contributed by atoms with Gasteiger partial charge in [-0.25, -0.2) is 13.4 Å². The molecule has 1 aromatic heterocycles. The van der Waals surface area contributed by atoms with Crippen LogP contribution in [0.3, 0.4) is 0 Å². The van der Waals surface area contributed by atoms with E-state index in [0.29, 0.717) is 49.9 Å². The number of benzene rings is 3. The van der Waals surface area contributed by atoms with Gasteiger partial charge in [0.15, 0.2) is 15.4 Å². The third-order valence-electron chi connectivity index (χ3n) is 7.94. The van der Waals surface area contributed by atoms with E-state index >= 15 is 0 Å². The molecule has 0 spiro atoms. The molecular weight excluding hydrogens is 606 g/mol. The van der Waals surface area contributed by atoms with Crippen molar-refractivity contribution in [2.45, 2.75) is 37.5 Å². The standard InChI is InChI=1S/C34H35N5O6S/c35-21-26-12-4-5-13-27(26)22-46(43,44)23-29(37-31(40)25-16-18-36-19-17-25)33(41)39(20-8-11-24-9-2-1-3-10-24)34(42)32-38-28-14-6-7-15-30(28)45-32/h1-7,9-10,12-15,25,29,36H,8,11,16-20,22-23H2,(H,37,40). The molecule has 238 valence electrons. The van der Waals surface area contributed by atoms with Crippen LogP contribution in [0.2, 0.25) is 0 Å². The van der Waals surface area contributed by atoms with Gasteiger partial charge in [-0.15, -0.1) is 0 Å². The van der Waals surface area contributed by atoms with E-state index in [2.05, 4.69) is 15.6 Å². The molecule has 2 heterocycles. The summed E-state index contributed by atoms with van der Waals surface area (Å²) in [4.78, 5) is 46.7. The minimum absolute atomic E-state index is 0.0671. The molecule has 3 aromatic carbocycles. The summed E-state index contributed by atoms with van der Waals surface area (Å²) >= 11 is 0. The second-order valence-corrected chi connectivity index (χ2v) is 13.4. The molecule has 1 aliphatic heterocycles. The Morgan fingerprint density at radius 1 is 1.00 bits per heavy atom. The normalized spacial score (nSPS) is 14.3. The van der Waals surface area contributed by atoms with Crippen LogP contribution in [0.25, 0.3) is 11.1 Å². The molecule has 3 amide bonds. The van der Waals surface area contributed by atoms with Gasteiger partial charge < -0.3 is 15.1 Å². The van der Waals surface area contributed by atoms with Crippen LogP contribution >= 0.6 is 0 Å². The Morgan fingerprint density at radius 2 is 1.70 bits per heavy atom. The molecule has 1 atom stereocenters. The lowest BCUT2D eigenvalue weighted by Gasteiger charge is -2.28. The van der Waals surface area contributed by atoms with E-state index in [-0.39, 0.29) is 23.6 Å². The quantitative estimate of drug-likeness (QED) is 0.236. The number of nitrogens with one attached hydrogen (secondary N) is 2. The lowest BCUT2D eigenvalue weighted by atomic mass is 9.97. The highest BCUT2D eigenvalue weighted by Gasteiger charge is 2.37. The molecule has 1 fully saturated rings. The second kappa shape index (κ2) is 14.9. The van der Waals surface area contributed by atoms with E-state index in [1.54, 1.807) is 36.4 Å². The summed E-state index contributed by atoms with van der Waals surface area (Å²) in [7, 11) is -4.07. The molecule has 1 saturated heterocycles. The fraction of sp³-hybridized carbons (Fsp3) is 0.324. The predicted octanol–water partition coefficient (Wildman–Crippen LogP) is 3.40. The van der Waals surface area contributed by atoms with Gasteiger partial charge >= 0.3 is 5.91 Å². The molecular formula is C34H35N5O6S. The van der Waals surface area contributed by atoms with Crippen LogP contribution in [0.5, 0.6) is 0 Å². The second-order valence-electron chi connectivity index (χ2n) is 11.3. The van der Waals surface area contributed by atoms with Crippen molar-refractivity contribution < 1.29 is 27.2 Å². The van der Waals surface area contributed by atoms with Gasteiger partial charge in [0.2, 0.25) is 5.91 Å². The van der Waals surface area contributed by atoms with Crippen LogP contribution in [-0.4, -0.2) is 67.5 Å². The molecule has 5 rings (SSSR count). The molecule has 2 N–H and O–H groups in total. The number of hydrogen-bond acceptors (Lipinski definition) is 9. The number of nitrogens with zero attached hydrogens (tertiary/aromatic N) is 3. The van der Waals surface area contributed by atoms with Gasteiger partial charge in [-0.2, -0.15) is 5.26 Å². The van der Waals surface area contributed by atoms with Gasteiger partial charge in [0.05, 0.1) is 23.1 Å². The molecule has 46 heavy (non-hydrogen) atoms. The van der Waals surface area contributed by atoms with Gasteiger partial charge in [0.1, 0.15) is 11.6 Å². The molecule has 0 bridgehead atoms. The Kier molecular flexibility index (Phi) is 10.6. The van der Waals surface area contributed by atoms with Gasteiger partial charge in [-0.3, -0.25) is 19.3 Å². The topological polar surface area (TPSA) is 162 Å². The van der Waals surface area contributed by atoms with Gasteiger partial charge in [-0.05, 0) is 68.1 Å². The fourth-order valence-corrected chi connectivity index (χ4v) is 7.10. The third kappa shape index (κ3) is 8.24. The Hall–Kier alpha value is -4.86. The predicted molar refractivity (Wildman–Crippen MR) is 171 cm³/mol. The van der Waals surface area contributed by atoms with E-state index in [0.717, 1.165) is 10.5 Å². The van der Waals surface area contributed by atoms with E-state index in [1.165, 1.54) is 12.1 Å². The first-order valence-electron chi connectivity index (χ1n) is 15.2. The Labute approximate surface area is 267 Å². The van der Waals surface area contributed by atoms with Crippen molar-refractivity contribution in [2.24, 2.45) is 5.92 Å². The monoisotopic (exact) mass is 641 g/mol. The summed E-state index contributed by atoms with van der Waals surface area (Å²) in [5.41, 5.74) is 2.26. The van der Waals surface area contributed by atoms with E-state index in [9.17, 15) is 28.1 Å². The zero-order chi connectivity index (χ0) is 32.5. The number of fused-ring (bicyclic) bond motifs is 1. The average molecular weight is 642 g/mol. The number of para-hydroxylation sites is 2. The van der Waals surface area contributed by atoms with Crippen LogP contribution < -0.4 is 10.6 Å². The van der Waals surface area contributed by atoms with Gasteiger partial charge in [-0.1, -0.05) is 60.7 Å². The van der Waals surface area contributed by atoms with Crippen molar-refractivity contribution >= 4 is 38.7 Å². The maximum Gasteiger partial charge on any atom is 0.316 e. The number of nitriles is 1. The van der Waals surface area contributed by atoms with Crippen molar-refractivity contribution in [2.75, 3.05) is 25.4 Å². The average Bonchev–Trinajstić information content (AvgIpc) is 3.51. The van der Waals surface area contributed by atoms with Crippen LogP contribution in [0.1, 0.15) is 46.6 Å². The first-order chi connectivity index (χ1) is 22.2. The lowest BCUT2D eigenvalue weighted by molar-refractivity contribution is -0.135. The van der Waals surface area contributed by atoms with Crippen LogP contribution in [-0.2, 0) is 31.6 Å². The SMILES string of the molecule is N#Cc1ccccc1CS(=O)(=O)CC(NC(=O)C1CCNCC1)C(=O)N(CCCc1ccccc1)C(=O)c1nc2ccccc2o1. The molecule has 0 saturated carbocycles. The molecule has 1 aliphatic rings. The van der Waals surface area contributed by atoms with Crippen LogP contribution in [0.15, 0.2) is 83.3 Å². The molecule has 12 heteroatoms. The third-order valence-corrected chi connectivity index (χ3v) is 9.53. The summed E-state index contributed by atoms with van der Waals surface area (Å²) in [6, 6.07) is 23.1. The first-order valence-corrected chi connectivity index (χ1v) is 17.0. The number of aryl methyl sites for hydroxylation is 1. The summed E-state index contributed by atoms with van der Waals surface area (Å²) in [6.07, 6.45) is 1.97. The van der Waals surface area contributed by atoms with Crippen LogP contribution in [0, 0.1) is 17.2 Å².